The molecule has 0 spiro atoms. The first-order chi connectivity index (χ1) is 11.5. The molecule has 0 aromatic carbocycles. The molecule has 1 aliphatic heterocycles. The fraction of sp³-hybridized carbons (Fsp3) is 0.438. The Morgan fingerprint density at radius 2 is 2.33 bits per heavy atom. The van der Waals surface area contributed by atoms with Gasteiger partial charge in [-0.05, 0) is 19.1 Å². The molecule has 0 saturated carbocycles. The van der Waals surface area contributed by atoms with Crippen LogP contribution in [0.15, 0.2) is 29.1 Å². The van der Waals surface area contributed by atoms with E-state index in [2.05, 4.69) is 15.5 Å². The lowest BCUT2D eigenvalue weighted by atomic mass is 10.3. The maximum Gasteiger partial charge on any atom is 0.323 e. The van der Waals surface area contributed by atoms with Crippen LogP contribution in [0.5, 0.6) is 5.75 Å². The molecule has 2 amide bonds. The Bertz CT molecular complexity index is 715. The number of hydrogen-bond acceptors (Lipinski definition) is 6. The lowest BCUT2D eigenvalue weighted by Gasteiger charge is -2.20. The molecule has 24 heavy (non-hydrogen) atoms. The molecule has 3 heterocycles. The van der Waals surface area contributed by atoms with Crippen LogP contribution in [0.1, 0.15) is 12.0 Å². The van der Waals surface area contributed by atoms with Crippen molar-refractivity contribution >= 4 is 17.7 Å². The van der Waals surface area contributed by atoms with E-state index < -0.39 is 0 Å². The highest BCUT2D eigenvalue weighted by molar-refractivity contribution is 5.89. The number of likely N-dealkylation sites (tertiary alicyclic amines) is 1. The summed E-state index contributed by atoms with van der Waals surface area (Å²) in [4.78, 5) is 20.2. The van der Waals surface area contributed by atoms with E-state index in [0.29, 0.717) is 18.9 Å². The number of nitrogens with one attached hydrogen (secondary N) is 1. The monoisotopic (exact) mass is 331 g/mol. The van der Waals surface area contributed by atoms with E-state index in [9.17, 15) is 4.79 Å². The molecule has 0 aliphatic carbocycles. The highest BCUT2D eigenvalue weighted by atomic mass is 16.5. The molecule has 1 unspecified atom stereocenters. The van der Waals surface area contributed by atoms with Gasteiger partial charge in [-0.15, -0.1) is 0 Å². The van der Waals surface area contributed by atoms with Crippen molar-refractivity contribution in [3.8, 4) is 5.75 Å². The van der Waals surface area contributed by atoms with E-state index in [1.807, 2.05) is 38.1 Å². The summed E-state index contributed by atoms with van der Waals surface area (Å²) in [5.41, 5.74) is 0.793. The van der Waals surface area contributed by atoms with Gasteiger partial charge in [-0.1, -0.05) is 5.16 Å². The number of rotatable bonds is 4. The van der Waals surface area contributed by atoms with Crippen LogP contribution >= 0.6 is 0 Å². The van der Waals surface area contributed by atoms with E-state index in [-0.39, 0.29) is 12.1 Å². The molecule has 3 rings (SSSR count). The van der Waals surface area contributed by atoms with E-state index in [1.54, 1.807) is 11.1 Å². The highest BCUT2D eigenvalue weighted by Crippen LogP contribution is 2.26. The van der Waals surface area contributed by atoms with Crippen molar-refractivity contribution in [2.24, 2.45) is 0 Å². The Morgan fingerprint density at radius 1 is 1.50 bits per heavy atom. The third-order valence-electron chi connectivity index (χ3n) is 3.87. The number of anilines is 2. The Kier molecular flexibility index (Phi) is 4.54. The van der Waals surface area contributed by atoms with E-state index in [0.717, 1.165) is 23.6 Å². The first-order valence-corrected chi connectivity index (χ1v) is 7.80. The highest BCUT2D eigenvalue weighted by Gasteiger charge is 2.29. The largest absolute Gasteiger partial charge is 0.485 e. The Morgan fingerprint density at radius 3 is 3.04 bits per heavy atom. The first-order valence-electron chi connectivity index (χ1n) is 7.80. The van der Waals surface area contributed by atoms with Gasteiger partial charge in [-0.3, -0.25) is 5.32 Å². The Hall–Kier alpha value is -2.77. The predicted octanol–water partition coefficient (Wildman–Crippen LogP) is 2.13. The third kappa shape index (κ3) is 3.42. The second kappa shape index (κ2) is 6.77. The number of carbonyl (C=O) groups excluding carboxylic acids is 1. The molecule has 1 saturated heterocycles. The van der Waals surface area contributed by atoms with Gasteiger partial charge in [0.25, 0.3) is 0 Å². The summed E-state index contributed by atoms with van der Waals surface area (Å²) in [6.45, 7) is 2.97. The summed E-state index contributed by atoms with van der Waals surface area (Å²) in [7, 11) is 3.84. The number of nitrogens with zero attached hydrogens (tertiary/aromatic N) is 4. The molecule has 128 valence electrons. The molecule has 2 aromatic heterocycles. The number of aromatic nitrogens is 2. The van der Waals surface area contributed by atoms with Crippen LogP contribution in [0.25, 0.3) is 0 Å². The predicted molar refractivity (Wildman–Crippen MR) is 89.4 cm³/mol. The van der Waals surface area contributed by atoms with Crippen LogP contribution < -0.4 is 15.0 Å². The van der Waals surface area contributed by atoms with Crippen molar-refractivity contribution < 1.29 is 14.1 Å². The molecule has 8 nitrogen and oxygen atoms in total. The van der Waals surface area contributed by atoms with Crippen LogP contribution in [0.2, 0.25) is 0 Å². The van der Waals surface area contributed by atoms with Gasteiger partial charge in [0.15, 0.2) is 17.4 Å². The number of aryl methyl sites for hydroxylation is 1. The summed E-state index contributed by atoms with van der Waals surface area (Å²) in [5.74, 6) is 1.95. The van der Waals surface area contributed by atoms with Gasteiger partial charge in [0, 0.05) is 38.8 Å². The standard InChI is InChI=1S/C16H21N5O3/c1-11-10-23-19-14(11)18-16(22)21-8-6-12(9-21)24-13-5-4-7-17-15(13)20(2)3/h4-5,7,10,12H,6,8-9H2,1-3H3,(H,18,19,22). The van der Waals surface area contributed by atoms with Gasteiger partial charge < -0.3 is 19.1 Å². The Labute approximate surface area is 140 Å². The van der Waals surface area contributed by atoms with Gasteiger partial charge in [0.1, 0.15) is 12.4 Å². The summed E-state index contributed by atoms with van der Waals surface area (Å²) >= 11 is 0. The topological polar surface area (TPSA) is 83.7 Å². The zero-order valence-corrected chi connectivity index (χ0v) is 14.0. The average Bonchev–Trinajstić information content (AvgIpc) is 3.17. The fourth-order valence-electron chi connectivity index (χ4n) is 2.59. The van der Waals surface area contributed by atoms with Crippen molar-refractivity contribution in [2.75, 3.05) is 37.4 Å². The summed E-state index contributed by atoms with van der Waals surface area (Å²) in [5, 5.41) is 6.52. The van der Waals surface area contributed by atoms with Crippen LogP contribution in [0.4, 0.5) is 16.4 Å². The van der Waals surface area contributed by atoms with E-state index in [1.165, 1.54) is 6.26 Å². The minimum absolute atomic E-state index is 0.0583. The number of amides is 2. The van der Waals surface area contributed by atoms with Crippen LogP contribution in [0, 0.1) is 6.92 Å². The molecule has 1 fully saturated rings. The minimum atomic E-state index is -0.197. The van der Waals surface area contributed by atoms with Gasteiger partial charge in [-0.25, -0.2) is 9.78 Å². The molecule has 2 aromatic rings. The molecule has 0 radical (unpaired) electrons. The number of ether oxygens (including phenoxy) is 1. The Balaban J connectivity index is 1.60. The molecular formula is C16H21N5O3. The molecule has 1 aliphatic rings. The van der Waals surface area contributed by atoms with Crippen LogP contribution in [-0.2, 0) is 0 Å². The first kappa shape index (κ1) is 16.1. The summed E-state index contributed by atoms with van der Waals surface area (Å²) in [6, 6.07) is 3.54. The number of hydrogen-bond donors (Lipinski definition) is 1. The summed E-state index contributed by atoms with van der Waals surface area (Å²) < 4.78 is 10.9. The number of carbonyl (C=O) groups is 1. The van der Waals surface area contributed by atoms with Crippen LogP contribution in [-0.4, -0.2) is 54.4 Å². The lowest BCUT2D eigenvalue weighted by molar-refractivity contribution is 0.194. The molecular weight excluding hydrogens is 310 g/mol. The van der Waals surface area contributed by atoms with Crippen molar-refractivity contribution in [3.05, 3.63) is 30.2 Å². The molecule has 8 heteroatoms. The molecule has 1 N–H and O–H groups in total. The maximum atomic E-state index is 12.3. The van der Waals surface area contributed by atoms with Gasteiger partial charge in [-0.2, -0.15) is 0 Å². The summed E-state index contributed by atoms with van der Waals surface area (Å²) in [6.07, 6.45) is 3.94. The van der Waals surface area contributed by atoms with Crippen molar-refractivity contribution in [1.29, 1.82) is 0 Å². The minimum Gasteiger partial charge on any atom is -0.485 e. The van der Waals surface area contributed by atoms with Crippen LogP contribution in [0.3, 0.4) is 0 Å². The van der Waals surface area contributed by atoms with E-state index >= 15 is 0 Å². The normalized spacial score (nSPS) is 17.0. The average molecular weight is 331 g/mol. The number of urea groups is 1. The maximum absolute atomic E-state index is 12.3. The quantitative estimate of drug-likeness (QED) is 0.924. The zero-order chi connectivity index (χ0) is 17.1. The van der Waals surface area contributed by atoms with Gasteiger partial charge in [0.05, 0.1) is 6.54 Å². The van der Waals surface area contributed by atoms with Crippen molar-refractivity contribution in [3.63, 3.8) is 0 Å². The smallest absolute Gasteiger partial charge is 0.323 e. The molecule has 0 bridgehead atoms. The van der Waals surface area contributed by atoms with Gasteiger partial charge in [0.2, 0.25) is 0 Å². The fourth-order valence-corrected chi connectivity index (χ4v) is 2.59. The number of pyridine rings is 1. The second-order valence-corrected chi connectivity index (χ2v) is 5.97. The SMILES string of the molecule is Cc1conc1NC(=O)N1CCC(Oc2cccnc2N(C)C)C1. The third-order valence-corrected chi connectivity index (χ3v) is 3.87. The van der Waals surface area contributed by atoms with Crippen molar-refractivity contribution in [2.45, 2.75) is 19.4 Å². The van der Waals surface area contributed by atoms with Gasteiger partial charge >= 0.3 is 6.03 Å². The lowest BCUT2D eigenvalue weighted by Crippen LogP contribution is -2.34. The zero-order valence-electron chi connectivity index (χ0n) is 14.0. The second-order valence-electron chi connectivity index (χ2n) is 5.97. The molecule has 1 atom stereocenters. The van der Waals surface area contributed by atoms with E-state index in [4.69, 9.17) is 9.26 Å². The van der Waals surface area contributed by atoms with Crippen molar-refractivity contribution in [1.82, 2.24) is 15.0 Å².